The number of rotatable bonds is 8. The predicted octanol–water partition coefficient (Wildman–Crippen LogP) is 1.95. The monoisotopic (exact) mass is 594 g/mol. The van der Waals surface area contributed by atoms with Crippen LogP contribution in [0.1, 0.15) is 33.4 Å². The van der Waals surface area contributed by atoms with Gasteiger partial charge in [-0.25, -0.2) is 19.3 Å². The lowest BCUT2D eigenvalue weighted by Crippen LogP contribution is -2.70. The summed E-state index contributed by atoms with van der Waals surface area (Å²) in [5, 5.41) is 28.1. The third-order valence-electron chi connectivity index (χ3n) is 5.41. The normalized spacial score (nSPS) is 19.4. The number of nitrogens with one attached hydrogen (secondary N) is 2. The average molecular weight is 595 g/mol. The fraction of sp³-hybridized carbons (Fsp3) is 0.455. The van der Waals surface area contributed by atoms with Crippen molar-refractivity contribution in [2.24, 2.45) is 7.05 Å². The highest BCUT2D eigenvalue weighted by Gasteiger charge is 2.54. The number of tetrazole rings is 1. The Labute approximate surface area is 235 Å². The van der Waals surface area contributed by atoms with Gasteiger partial charge in [-0.3, -0.25) is 19.8 Å². The standard InChI is InChI=1S/C22H26N8O6S3/c1-6-11(12-9-38-19(23-12)25-21(35)36-22(2,3)4)15(31)24-13-16(32)30-14(18(33)34)10(7-37-17(13)30)8-39-20-26-27-28-29(20)5/h6,9,13,17H,7-8H2,1-5H3,(H,24,31)(H,33,34)(H,23,25,35)/b11-6-/t13?,17-/m0/s1. The second-order valence-corrected chi connectivity index (χ2v) is 12.3. The van der Waals surface area contributed by atoms with Gasteiger partial charge in [-0.1, -0.05) is 17.8 Å². The second-order valence-electron chi connectivity index (χ2n) is 9.36. The molecule has 2 atom stereocenters. The number of carboxylic acids is 1. The van der Waals surface area contributed by atoms with E-state index in [2.05, 4.69) is 31.1 Å². The SMILES string of the molecule is C/C=C(\C(=O)NC1C(=O)N2C(C(=O)O)=C(CSc3nnnn3C)CS[C@@H]12)c1csc(NC(=O)OC(C)(C)C)n1. The zero-order chi connectivity index (χ0) is 28.5. The molecule has 4 heterocycles. The maximum Gasteiger partial charge on any atom is 0.413 e. The molecule has 2 aliphatic heterocycles. The summed E-state index contributed by atoms with van der Waals surface area (Å²) in [5.74, 6) is -1.61. The molecule has 0 aliphatic carbocycles. The molecule has 17 heteroatoms. The molecule has 3 N–H and O–H groups in total. The number of aromatic nitrogens is 5. The molecule has 0 saturated carbocycles. The lowest BCUT2D eigenvalue weighted by Gasteiger charge is -2.49. The lowest BCUT2D eigenvalue weighted by atomic mass is 10.0. The van der Waals surface area contributed by atoms with Crippen LogP contribution >= 0.6 is 34.9 Å². The van der Waals surface area contributed by atoms with Crippen LogP contribution in [0.4, 0.5) is 9.93 Å². The molecular weight excluding hydrogens is 568 g/mol. The van der Waals surface area contributed by atoms with Crippen molar-refractivity contribution in [2.75, 3.05) is 16.8 Å². The van der Waals surface area contributed by atoms with Crippen LogP contribution in [0.2, 0.25) is 0 Å². The molecule has 14 nitrogen and oxygen atoms in total. The van der Waals surface area contributed by atoms with Crippen molar-refractivity contribution in [3.63, 3.8) is 0 Å². The Kier molecular flexibility index (Phi) is 8.31. The number of amides is 3. The summed E-state index contributed by atoms with van der Waals surface area (Å²) in [5.41, 5.74) is 0.327. The molecule has 1 saturated heterocycles. The van der Waals surface area contributed by atoms with E-state index in [1.807, 2.05) is 0 Å². The van der Waals surface area contributed by atoms with Crippen LogP contribution in [0.25, 0.3) is 5.57 Å². The van der Waals surface area contributed by atoms with E-state index in [4.69, 9.17) is 4.74 Å². The van der Waals surface area contributed by atoms with Gasteiger partial charge >= 0.3 is 12.1 Å². The fourth-order valence-corrected chi connectivity index (χ4v) is 6.78. The van der Waals surface area contributed by atoms with Crippen LogP contribution in [-0.2, 0) is 26.2 Å². The molecule has 1 fully saturated rings. The Hall–Kier alpha value is -3.44. The largest absolute Gasteiger partial charge is 0.477 e. The Morgan fingerprint density at radius 2 is 2.08 bits per heavy atom. The minimum atomic E-state index is -1.22. The Balaban J connectivity index is 1.42. The summed E-state index contributed by atoms with van der Waals surface area (Å²) in [7, 11) is 1.68. The van der Waals surface area contributed by atoms with Gasteiger partial charge in [0, 0.05) is 23.9 Å². The average Bonchev–Trinajstić information content (AvgIpc) is 3.48. The summed E-state index contributed by atoms with van der Waals surface area (Å²) < 4.78 is 6.69. The smallest absolute Gasteiger partial charge is 0.413 e. The number of thioether (sulfide) groups is 2. The van der Waals surface area contributed by atoms with Crippen LogP contribution in [0, 0.1) is 0 Å². The first kappa shape index (κ1) is 28.6. The first-order valence-corrected chi connectivity index (χ1v) is 14.5. The van der Waals surface area contributed by atoms with E-state index in [-0.39, 0.29) is 16.4 Å². The van der Waals surface area contributed by atoms with Gasteiger partial charge < -0.3 is 15.2 Å². The van der Waals surface area contributed by atoms with Crippen LogP contribution in [-0.4, -0.2) is 87.6 Å². The van der Waals surface area contributed by atoms with Crippen molar-refractivity contribution in [3.05, 3.63) is 28.4 Å². The maximum absolute atomic E-state index is 13.1. The van der Waals surface area contributed by atoms with Crippen LogP contribution < -0.4 is 10.6 Å². The number of nitrogens with zero attached hydrogens (tertiary/aromatic N) is 6. The molecule has 2 aromatic heterocycles. The summed E-state index contributed by atoms with van der Waals surface area (Å²) >= 11 is 3.76. The van der Waals surface area contributed by atoms with Gasteiger partial charge in [0.25, 0.3) is 11.8 Å². The number of fused-ring (bicyclic) bond motifs is 1. The van der Waals surface area contributed by atoms with Crippen LogP contribution in [0.5, 0.6) is 0 Å². The Morgan fingerprint density at radius 1 is 1.33 bits per heavy atom. The van der Waals surface area contributed by atoms with E-state index in [0.717, 1.165) is 11.3 Å². The van der Waals surface area contributed by atoms with Crippen molar-refractivity contribution in [1.82, 2.24) is 35.4 Å². The predicted molar refractivity (Wildman–Crippen MR) is 145 cm³/mol. The summed E-state index contributed by atoms with van der Waals surface area (Å²) in [4.78, 5) is 55.8. The topological polar surface area (TPSA) is 182 Å². The molecule has 3 amide bonds. The Morgan fingerprint density at radius 3 is 2.69 bits per heavy atom. The zero-order valence-corrected chi connectivity index (χ0v) is 24.1. The van der Waals surface area contributed by atoms with Crippen molar-refractivity contribution in [3.8, 4) is 0 Å². The van der Waals surface area contributed by atoms with Gasteiger partial charge in [0.2, 0.25) is 5.16 Å². The maximum atomic E-state index is 13.1. The Bertz CT molecular complexity index is 1380. The lowest BCUT2D eigenvalue weighted by molar-refractivity contribution is -0.150. The van der Waals surface area contributed by atoms with Gasteiger partial charge in [-0.05, 0) is 43.7 Å². The zero-order valence-electron chi connectivity index (χ0n) is 21.6. The third kappa shape index (κ3) is 6.25. The van der Waals surface area contributed by atoms with Gasteiger partial charge in [0.15, 0.2) is 5.13 Å². The summed E-state index contributed by atoms with van der Waals surface area (Å²) in [6.07, 6.45) is 0.883. The van der Waals surface area contributed by atoms with Crippen molar-refractivity contribution in [2.45, 2.75) is 49.9 Å². The number of thiazole rings is 1. The van der Waals surface area contributed by atoms with Gasteiger partial charge in [0.1, 0.15) is 22.7 Å². The van der Waals surface area contributed by atoms with E-state index in [0.29, 0.717) is 27.9 Å². The third-order valence-corrected chi connectivity index (χ3v) is 8.61. The molecule has 0 bridgehead atoms. The molecular formula is C22H26N8O6S3. The van der Waals surface area contributed by atoms with Crippen LogP contribution in [0.15, 0.2) is 27.9 Å². The molecule has 208 valence electrons. The number of allylic oxidation sites excluding steroid dienone is 1. The highest BCUT2D eigenvalue weighted by atomic mass is 32.2. The number of β-lactam (4-membered cyclic amide) rings is 1. The van der Waals surface area contributed by atoms with E-state index >= 15 is 0 Å². The number of hydrogen-bond donors (Lipinski definition) is 3. The number of ether oxygens (including phenoxy) is 1. The highest BCUT2D eigenvalue weighted by Crippen LogP contribution is 2.41. The number of carbonyl (C=O) groups excluding carboxylic acids is 3. The molecule has 0 aromatic carbocycles. The van der Waals surface area contributed by atoms with E-state index in [1.54, 1.807) is 46.2 Å². The number of aryl methyl sites for hydroxylation is 1. The van der Waals surface area contributed by atoms with Crippen molar-refractivity contribution >= 4 is 69.4 Å². The number of carbonyl (C=O) groups is 4. The first-order chi connectivity index (χ1) is 18.4. The van der Waals surface area contributed by atoms with Gasteiger partial charge in [0.05, 0.1) is 11.3 Å². The number of anilines is 1. The number of aliphatic carboxylic acids is 1. The van der Waals surface area contributed by atoms with Crippen molar-refractivity contribution in [1.29, 1.82) is 0 Å². The quantitative estimate of drug-likeness (QED) is 0.230. The minimum Gasteiger partial charge on any atom is -0.477 e. The second kappa shape index (κ2) is 11.4. The molecule has 0 spiro atoms. The highest BCUT2D eigenvalue weighted by molar-refractivity contribution is 8.01. The molecule has 4 rings (SSSR count). The molecule has 2 aromatic rings. The van der Waals surface area contributed by atoms with E-state index in [9.17, 15) is 24.3 Å². The number of carboxylic acid groups (broad SMARTS) is 1. The molecule has 2 aliphatic rings. The van der Waals surface area contributed by atoms with Gasteiger partial charge in [-0.15, -0.1) is 28.2 Å². The molecule has 0 radical (unpaired) electrons. The van der Waals surface area contributed by atoms with Crippen molar-refractivity contribution < 1.29 is 29.0 Å². The van der Waals surface area contributed by atoms with E-state index in [1.165, 1.54) is 33.1 Å². The summed E-state index contributed by atoms with van der Waals surface area (Å²) in [6.45, 7) is 6.87. The molecule has 39 heavy (non-hydrogen) atoms. The minimum absolute atomic E-state index is 0.0829. The van der Waals surface area contributed by atoms with Crippen LogP contribution in [0.3, 0.4) is 0 Å². The van der Waals surface area contributed by atoms with E-state index < -0.39 is 40.9 Å². The first-order valence-electron chi connectivity index (χ1n) is 11.6. The summed E-state index contributed by atoms with van der Waals surface area (Å²) in [6, 6.07) is -0.901. The molecule has 1 unspecified atom stereocenters. The number of hydrogen-bond acceptors (Lipinski definition) is 12. The fourth-order valence-electron chi connectivity index (χ4n) is 3.75. The van der Waals surface area contributed by atoms with Gasteiger partial charge in [-0.2, -0.15) is 0 Å².